The molecule has 1 unspecified atom stereocenters. The number of Topliss-reactive ketones (excluding diaryl/α,β-unsaturated/α-hetero) is 1. The van der Waals surface area contributed by atoms with Crippen molar-refractivity contribution in [2.24, 2.45) is 5.92 Å². The van der Waals surface area contributed by atoms with Crippen LogP contribution in [0.2, 0.25) is 0 Å². The maximum Gasteiger partial charge on any atom is 0.170 e. The van der Waals surface area contributed by atoms with Crippen molar-refractivity contribution < 1.29 is 9.53 Å². The van der Waals surface area contributed by atoms with Crippen molar-refractivity contribution in [3.05, 3.63) is 28.2 Å². The monoisotopic (exact) mass is 299 g/mol. The zero-order valence-electron chi connectivity index (χ0n) is 10.4. The third-order valence-corrected chi connectivity index (χ3v) is 3.23. The molecule has 0 spiro atoms. The third kappa shape index (κ3) is 3.54. The number of carbonyl (C=O) groups is 1. The van der Waals surface area contributed by atoms with Crippen LogP contribution in [0.4, 0.5) is 0 Å². The van der Waals surface area contributed by atoms with Crippen LogP contribution in [0.15, 0.2) is 22.7 Å². The average Bonchev–Trinajstić information content (AvgIpc) is 2.35. The minimum absolute atomic E-state index is 0.0109. The number of nitrogens with one attached hydrogen (secondary N) is 1. The zero-order chi connectivity index (χ0) is 12.8. The van der Waals surface area contributed by atoms with E-state index in [1.165, 1.54) is 0 Å². The second-order valence-corrected chi connectivity index (χ2v) is 4.79. The fourth-order valence-electron chi connectivity index (χ4n) is 1.76. The lowest BCUT2D eigenvalue weighted by Crippen LogP contribution is -2.26. The SMILES string of the molecule is CCC(CNC)C(=O)c1cc(Br)ccc1OC. The Balaban J connectivity index is 3.04. The van der Waals surface area contributed by atoms with E-state index in [1.807, 2.05) is 32.2 Å². The van der Waals surface area contributed by atoms with E-state index in [0.29, 0.717) is 17.9 Å². The van der Waals surface area contributed by atoms with Gasteiger partial charge in [-0.25, -0.2) is 0 Å². The number of carbonyl (C=O) groups excluding carboxylic acids is 1. The molecule has 0 saturated heterocycles. The Bertz CT molecular complexity index is 393. The molecule has 0 saturated carbocycles. The molecule has 0 radical (unpaired) electrons. The average molecular weight is 300 g/mol. The first-order valence-corrected chi connectivity index (χ1v) is 6.45. The molecule has 1 rings (SSSR count). The van der Waals surface area contributed by atoms with Crippen LogP contribution in [0.1, 0.15) is 23.7 Å². The van der Waals surface area contributed by atoms with Gasteiger partial charge in [0.2, 0.25) is 0 Å². The zero-order valence-corrected chi connectivity index (χ0v) is 12.0. The van der Waals surface area contributed by atoms with Gasteiger partial charge in [0.1, 0.15) is 5.75 Å². The molecular weight excluding hydrogens is 282 g/mol. The molecule has 1 atom stereocenters. The highest BCUT2D eigenvalue weighted by molar-refractivity contribution is 9.10. The number of hydrogen-bond acceptors (Lipinski definition) is 3. The van der Waals surface area contributed by atoms with Crippen LogP contribution in [0.25, 0.3) is 0 Å². The first-order chi connectivity index (χ1) is 8.13. The summed E-state index contributed by atoms with van der Waals surface area (Å²) >= 11 is 3.38. The number of methoxy groups -OCH3 is 1. The highest BCUT2D eigenvalue weighted by Crippen LogP contribution is 2.26. The summed E-state index contributed by atoms with van der Waals surface area (Å²) in [7, 11) is 3.44. The molecule has 4 heteroatoms. The number of rotatable bonds is 6. The van der Waals surface area contributed by atoms with Crippen molar-refractivity contribution >= 4 is 21.7 Å². The smallest absolute Gasteiger partial charge is 0.170 e. The predicted octanol–water partition coefficient (Wildman–Crippen LogP) is 2.89. The lowest BCUT2D eigenvalue weighted by atomic mass is 9.94. The van der Waals surface area contributed by atoms with E-state index in [0.717, 1.165) is 10.9 Å². The summed E-state index contributed by atoms with van der Waals surface area (Å²) in [5, 5.41) is 3.05. The molecule has 1 aromatic carbocycles. The molecule has 1 aromatic rings. The van der Waals surface area contributed by atoms with Crippen LogP contribution >= 0.6 is 15.9 Å². The van der Waals surface area contributed by atoms with Crippen molar-refractivity contribution in [3.63, 3.8) is 0 Å². The largest absolute Gasteiger partial charge is 0.496 e. The summed E-state index contributed by atoms with van der Waals surface area (Å²) in [6, 6.07) is 5.50. The Morgan fingerprint density at radius 1 is 1.53 bits per heavy atom. The molecule has 3 nitrogen and oxygen atoms in total. The van der Waals surface area contributed by atoms with E-state index in [2.05, 4.69) is 21.2 Å². The van der Waals surface area contributed by atoms with Crippen LogP contribution in [0.3, 0.4) is 0 Å². The lowest BCUT2D eigenvalue weighted by molar-refractivity contribution is 0.0913. The lowest BCUT2D eigenvalue weighted by Gasteiger charge is -2.15. The summed E-state index contributed by atoms with van der Waals surface area (Å²) in [4.78, 5) is 12.4. The van der Waals surface area contributed by atoms with Crippen LogP contribution in [0, 0.1) is 5.92 Å². The molecular formula is C13H18BrNO2. The quantitative estimate of drug-likeness (QED) is 0.821. The first-order valence-electron chi connectivity index (χ1n) is 5.66. The second kappa shape index (κ2) is 6.77. The summed E-state index contributed by atoms with van der Waals surface area (Å²) < 4.78 is 6.12. The minimum Gasteiger partial charge on any atom is -0.496 e. The van der Waals surface area contributed by atoms with Crippen LogP contribution in [0.5, 0.6) is 5.75 Å². The summed E-state index contributed by atoms with van der Waals surface area (Å²) in [6.45, 7) is 2.70. The summed E-state index contributed by atoms with van der Waals surface area (Å²) in [5.74, 6) is 0.746. The van der Waals surface area contributed by atoms with E-state index in [4.69, 9.17) is 4.74 Å². The van der Waals surface area contributed by atoms with Gasteiger partial charge in [0.25, 0.3) is 0 Å². The maximum atomic E-state index is 12.4. The number of ketones is 1. The van der Waals surface area contributed by atoms with Gasteiger partial charge in [0.15, 0.2) is 5.78 Å². The molecule has 0 fully saturated rings. The van der Waals surface area contributed by atoms with Crippen LogP contribution in [-0.2, 0) is 0 Å². The van der Waals surface area contributed by atoms with Crippen molar-refractivity contribution in [1.82, 2.24) is 5.32 Å². The van der Waals surface area contributed by atoms with Gasteiger partial charge in [-0.3, -0.25) is 4.79 Å². The van der Waals surface area contributed by atoms with Gasteiger partial charge in [0.05, 0.1) is 12.7 Å². The molecule has 1 N–H and O–H groups in total. The van der Waals surface area contributed by atoms with Gasteiger partial charge < -0.3 is 10.1 Å². The van der Waals surface area contributed by atoms with E-state index in [1.54, 1.807) is 7.11 Å². The Kier molecular flexibility index (Phi) is 5.65. The van der Waals surface area contributed by atoms with Crippen molar-refractivity contribution in [2.45, 2.75) is 13.3 Å². The number of halogens is 1. The molecule has 0 aliphatic heterocycles. The van der Waals surface area contributed by atoms with E-state index in [9.17, 15) is 4.79 Å². The standard InChI is InChI=1S/C13H18BrNO2/c1-4-9(8-15-2)13(16)11-7-10(14)5-6-12(11)17-3/h5-7,9,15H,4,8H2,1-3H3. The second-order valence-electron chi connectivity index (χ2n) is 3.87. The molecule has 0 aromatic heterocycles. The molecule has 0 aliphatic carbocycles. The van der Waals surface area contributed by atoms with E-state index in [-0.39, 0.29) is 11.7 Å². The normalized spacial score (nSPS) is 12.2. The fourth-order valence-corrected chi connectivity index (χ4v) is 2.12. The summed E-state index contributed by atoms with van der Waals surface area (Å²) in [5.41, 5.74) is 0.643. The van der Waals surface area contributed by atoms with E-state index < -0.39 is 0 Å². The highest BCUT2D eigenvalue weighted by atomic mass is 79.9. The Morgan fingerprint density at radius 2 is 2.24 bits per heavy atom. The molecule has 0 bridgehead atoms. The number of ether oxygens (including phenoxy) is 1. The third-order valence-electron chi connectivity index (χ3n) is 2.74. The first kappa shape index (κ1) is 14.2. The Morgan fingerprint density at radius 3 is 2.76 bits per heavy atom. The fraction of sp³-hybridized carbons (Fsp3) is 0.462. The maximum absolute atomic E-state index is 12.4. The number of hydrogen-bond donors (Lipinski definition) is 1. The van der Waals surface area contributed by atoms with Crippen molar-refractivity contribution in [1.29, 1.82) is 0 Å². The van der Waals surface area contributed by atoms with Gasteiger partial charge in [-0.2, -0.15) is 0 Å². The summed E-state index contributed by atoms with van der Waals surface area (Å²) in [6.07, 6.45) is 0.815. The molecule has 0 amide bonds. The molecule has 17 heavy (non-hydrogen) atoms. The molecule has 94 valence electrons. The van der Waals surface area contributed by atoms with E-state index >= 15 is 0 Å². The van der Waals surface area contributed by atoms with Crippen LogP contribution < -0.4 is 10.1 Å². The van der Waals surface area contributed by atoms with Gasteiger partial charge in [0, 0.05) is 16.9 Å². The van der Waals surface area contributed by atoms with Crippen molar-refractivity contribution in [3.8, 4) is 5.75 Å². The topological polar surface area (TPSA) is 38.3 Å². The number of benzene rings is 1. The predicted molar refractivity (Wildman–Crippen MR) is 72.7 cm³/mol. The highest BCUT2D eigenvalue weighted by Gasteiger charge is 2.21. The minimum atomic E-state index is -0.0109. The van der Waals surface area contributed by atoms with Crippen LogP contribution in [-0.4, -0.2) is 26.5 Å². The van der Waals surface area contributed by atoms with Gasteiger partial charge in [-0.15, -0.1) is 0 Å². The van der Waals surface area contributed by atoms with Gasteiger partial charge in [-0.1, -0.05) is 22.9 Å². The molecule has 0 heterocycles. The Hall–Kier alpha value is -0.870. The van der Waals surface area contributed by atoms with Crippen molar-refractivity contribution in [2.75, 3.05) is 20.7 Å². The van der Waals surface area contributed by atoms with Gasteiger partial charge >= 0.3 is 0 Å². The van der Waals surface area contributed by atoms with Gasteiger partial charge in [-0.05, 0) is 31.7 Å². The molecule has 0 aliphatic rings. The Labute approximate surface area is 111 Å².